The molecule has 0 atom stereocenters. The summed E-state index contributed by atoms with van der Waals surface area (Å²) in [5.74, 6) is 0. The minimum absolute atomic E-state index is 0.115. The molecule has 7 heteroatoms. The number of hydrogen-bond acceptors (Lipinski definition) is 5. The molecule has 4 N–H and O–H groups in total. The summed E-state index contributed by atoms with van der Waals surface area (Å²) in [6.45, 7) is 2.23. The van der Waals surface area contributed by atoms with E-state index in [9.17, 15) is 9.79 Å². The molecule has 0 bridgehead atoms. The number of unbranched alkanes of at least 4 members (excludes halogenated alkanes) is 10. The molecule has 0 aliphatic carbocycles. The van der Waals surface area contributed by atoms with Crippen molar-refractivity contribution in [2.45, 2.75) is 77.6 Å². The lowest BCUT2D eigenvalue weighted by atomic mass is 10.1. The van der Waals surface area contributed by atoms with E-state index in [1.54, 1.807) is 0 Å². The Hall–Kier alpha value is 0.660. The molecule has 0 unspecified atom stereocenters. The van der Waals surface area contributed by atoms with E-state index in [4.69, 9.17) is 9.79 Å². The molecule has 0 radical (unpaired) electrons. The van der Waals surface area contributed by atoms with Gasteiger partial charge in [-0.15, -0.1) is 0 Å². The largest absolute Gasteiger partial charge is 0.415 e. The highest BCUT2D eigenvalue weighted by molar-refractivity contribution is 7.66. The summed E-state index contributed by atoms with van der Waals surface area (Å²) in [6.07, 6.45) is 13.2. The van der Waals surface area contributed by atoms with Crippen LogP contribution in [0.2, 0.25) is 0 Å². The average molecular weight is 329 g/mol. The van der Waals surface area contributed by atoms with Crippen molar-refractivity contribution in [3.05, 3.63) is 0 Å². The first-order valence-corrected chi connectivity index (χ1v) is 10.7. The first-order chi connectivity index (χ1) is 9.48. The van der Waals surface area contributed by atoms with Gasteiger partial charge < -0.3 is 9.79 Å². The van der Waals surface area contributed by atoms with Crippen molar-refractivity contribution in [1.82, 2.24) is 0 Å². The number of rotatable bonds is 14. The second kappa shape index (κ2) is 13.3. The van der Waals surface area contributed by atoms with Gasteiger partial charge in [-0.2, -0.15) is 9.79 Å². The fourth-order valence-electron chi connectivity index (χ4n) is 2.14. The topological polar surface area (TPSA) is 90.2 Å². The second-order valence-corrected chi connectivity index (χ2v) is 8.19. The van der Waals surface area contributed by atoms with E-state index in [1.807, 2.05) is 0 Å². The third-order valence-corrected chi connectivity index (χ3v) is 5.79. The standard InChI is InChI=1S/C13H31O5P2/c1-2-3-4-5-6-7-8-9-10-11-12-13-20(16,17)18-19(14)15/h14-17H,2-13H2,1H3/q+1. The third-order valence-electron chi connectivity index (χ3n) is 3.26. The Bertz CT molecular complexity index is 215. The van der Waals surface area contributed by atoms with E-state index in [0.717, 1.165) is 12.8 Å². The third kappa shape index (κ3) is 15.1. The van der Waals surface area contributed by atoms with E-state index in [0.29, 0.717) is 6.42 Å². The van der Waals surface area contributed by atoms with Crippen LogP contribution in [0.4, 0.5) is 0 Å². The summed E-state index contributed by atoms with van der Waals surface area (Å²) in [5.41, 5.74) is 0. The van der Waals surface area contributed by atoms with Crippen LogP contribution in [0.5, 0.6) is 0 Å². The predicted molar refractivity (Wildman–Crippen MR) is 85.1 cm³/mol. The maximum Gasteiger partial charge on any atom is 0.415 e. The molecule has 0 amide bonds. The van der Waals surface area contributed by atoms with Crippen molar-refractivity contribution in [3.63, 3.8) is 0 Å². The van der Waals surface area contributed by atoms with Gasteiger partial charge in [0.1, 0.15) is 6.16 Å². The van der Waals surface area contributed by atoms with Gasteiger partial charge in [0.2, 0.25) is 0 Å². The van der Waals surface area contributed by atoms with Crippen LogP contribution in [0.1, 0.15) is 77.6 Å². The summed E-state index contributed by atoms with van der Waals surface area (Å²) >= 11 is 0. The number of hydrogen-bond donors (Lipinski definition) is 4. The van der Waals surface area contributed by atoms with Crippen molar-refractivity contribution in [2.24, 2.45) is 0 Å². The first-order valence-electron chi connectivity index (χ1n) is 7.69. The van der Waals surface area contributed by atoms with Crippen molar-refractivity contribution >= 4 is 16.5 Å². The second-order valence-electron chi connectivity index (χ2n) is 5.26. The Balaban J connectivity index is 3.24. The molecule has 0 saturated heterocycles. The molecule has 0 spiro atoms. The van der Waals surface area contributed by atoms with Crippen LogP contribution >= 0.6 is 16.5 Å². The molecule has 0 aliphatic heterocycles. The predicted octanol–water partition coefficient (Wildman–Crippen LogP) is 4.27. The van der Waals surface area contributed by atoms with Crippen LogP contribution < -0.4 is 0 Å². The van der Waals surface area contributed by atoms with Gasteiger partial charge in [-0.25, -0.2) is 0 Å². The van der Waals surface area contributed by atoms with Crippen LogP contribution in [0.25, 0.3) is 0 Å². The van der Waals surface area contributed by atoms with Crippen molar-refractivity contribution in [2.75, 3.05) is 6.16 Å². The average Bonchev–Trinajstić information content (AvgIpc) is 2.34. The Labute approximate surface area is 125 Å². The highest BCUT2D eigenvalue weighted by Crippen LogP contribution is 2.59. The monoisotopic (exact) mass is 329 g/mol. The molecule has 5 nitrogen and oxygen atoms in total. The van der Waals surface area contributed by atoms with E-state index in [-0.39, 0.29) is 6.16 Å². The Morgan fingerprint density at radius 2 is 1.15 bits per heavy atom. The zero-order chi connectivity index (χ0) is 15.3. The molecule has 0 aliphatic rings. The molecule has 0 saturated carbocycles. The zero-order valence-electron chi connectivity index (χ0n) is 12.6. The van der Waals surface area contributed by atoms with E-state index in [1.165, 1.54) is 51.4 Å². The Kier molecular flexibility index (Phi) is 13.8. The van der Waals surface area contributed by atoms with Gasteiger partial charge in [0.05, 0.1) is 0 Å². The minimum Gasteiger partial charge on any atom is -0.326 e. The van der Waals surface area contributed by atoms with Crippen molar-refractivity contribution < 1.29 is 23.9 Å². The lowest BCUT2D eigenvalue weighted by Crippen LogP contribution is -1.99. The summed E-state index contributed by atoms with van der Waals surface area (Å²) < 4.78 is 4.33. The SMILES string of the molecule is CCCCCCCCCCCCC[P+](O)(O)OP(O)O. The molecule has 122 valence electrons. The molecule has 0 rings (SSSR count). The van der Waals surface area contributed by atoms with Gasteiger partial charge in [0.25, 0.3) is 0 Å². The summed E-state index contributed by atoms with van der Waals surface area (Å²) in [7, 11) is -6.23. The van der Waals surface area contributed by atoms with Crippen LogP contribution in [0, 0.1) is 0 Å². The first kappa shape index (κ1) is 20.7. The molecule has 0 heterocycles. The highest BCUT2D eigenvalue weighted by Gasteiger charge is 2.38. The van der Waals surface area contributed by atoms with E-state index < -0.39 is 16.5 Å². The minimum atomic E-state index is -3.55. The van der Waals surface area contributed by atoms with Crippen molar-refractivity contribution in [3.8, 4) is 0 Å². The lowest BCUT2D eigenvalue weighted by Gasteiger charge is -2.10. The van der Waals surface area contributed by atoms with E-state index >= 15 is 0 Å². The highest BCUT2D eigenvalue weighted by atomic mass is 31.3. The van der Waals surface area contributed by atoms with Crippen LogP contribution in [0.15, 0.2) is 0 Å². The molecular formula is C13H31O5P2+. The molecule has 0 aromatic carbocycles. The van der Waals surface area contributed by atoms with Crippen LogP contribution in [-0.4, -0.2) is 25.7 Å². The van der Waals surface area contributed by atoms with Crippen molar-refractivity contribution in [1.29, 1.82) is 0 Å². The maximum absolute atomic E-state index is 9.37. The van der Waals surface area contributed by atoms with Gasteiger partial charge in [-0.3, -0.25) is 0 Å². The zero-order valence-corrected chi connectivity index (χ0v) is 14.4. The Morgan fingerprint density at radius 1 is 0.750 bits per heavy atom. The van der Waals surface area contributed by atoms with Gasteiger partial charge in [-0.1, -0.05) is 69.0 Å². The summed E-state index contributed by atoms with van der Waals surface area (Å²) in [4.78, 5) is 35.9. The van der Waals surface area contributed by atoms with E-state index in [2.05, 4.69) is 11.2 Å². The Morgan fingerprint density at radius 3 is 1.55 bits per heavy atom. The maximum atomic E-state index is 9.37. The lowest BCUT2D eigenvalue weighted by molar-refractivity contribution is 0.299. The summed E-state index contributed by atoms with van der Waals surface area (Å²) in [5, 5.41) is 0. The van der Waals surface area contributed by atoms with Crippen LogP contribution in [0.3, 0.4) is 0 Å². The summed E-state index contributed by atoms with van der Waals surface area (Å²) in [6, 6.07) is 0. The normalized spacial score (nSPS) is 12.3. The molecule has 0 aromatic heterocycles. The van der Waals surface area contributed by atoms with Gasteiger partial charge in [0, 0.05) is 0 Å². The quantitative estimate of drug-likeness (QED) is 0.282. The molecule has 0 aromatic rings. The van der Waals surface area contributed by atoms with Gasteiger partial charge >= 0.3 is 16.5 Å². The van der Waals surface area contributed by atoms with Crippen LogP contribution in [-0.2, 0) is 4.31 Å². The van der Waals surface area contributed by atoms with Gasteiger partial charge in [-0.05, 0) is 12.8 Å². The van der Waals surface area contributed by atoms with Gasteiger partial charge in [0.15, 0.2) is 0 Å². The fourth-order valence-corrected chi connectivity index (χ4v) is 4.04. The fraction of sp³-hybridized carbons (Fsp3) is 1.00. The molecular weight excluding hydrogens is 298 g/mol. The molecule has 20 heavy (non-hydrogen) atoms. The molecule has 0 fully saturated rings. The smallest absolute Gasteiger partial charge is 0.326 e.